The molecular weight excluding hydrogens is 468 g/mol. The first-order valence-electron chi connectivity index (χ1n) is 17.7. The van der Waals surface area contributed by atoms with Crippen LogP contribution in [0.2, 0.25) is 0 Å². The fraction of sp³-hybridized carbons (Fsp3) is 0.897. The lowest BCUT2D eigenvalue weighted by molar-refractivity contribution is -0.214. The lowest BCUT2D eigenvalue weighted by atomic mass is 9.33. The van der Waals surface area contributed by atoms with Gasteiger partial charge in [0.25, 0.3) is 0 Å². The van der Waals surface area contributed by atoms with E-state index in [9.17, 15) is 0 Å². The van der Waals surface area contributed by atoms with Crippen molar-refractivity contribution in [3.05, 3.63) is 23.8 Å². The van der Waals surface area contributed by atoms with E-state index in [0.717, 1.165) is 29.6 Å². The molecule has 4 fully saturated rings. The summed E-state index contributed by atoms with van der Waals surface area (Å²) in [5, 5.41) is 0. The monoisotopic (exact) mass is 541 g/mol. The van der Waals surface area contributed by atoms with Crippen molar-refractivity contribution in [1.29, 1.82) is 0 Å². The van der Waals surface area contributed by atoms with Crippen LogP contribution in [0.1, 0.15) is 173 Å². The molecule has 9 atom stereocenters. The molecular formula is C39H72. The number of rotatable bonds is 3. The highest BCUT2D eigenvalue weighted by molar-refractivity contribution is 5.23. The molecule has 0 heteroatoms. The number of allylic oxidation sites excluding steroid dienone is 3. The predicted octanol–water partition coefficient (Wildman–Crippen LogP) is 13.2. The maximum atomic E-state index is 4.49. The highest BCUT2D eigenvalue weighted by atomic mass is 14.7. The van der Waals surface area contributed by atoms with Crippen molar-refractivity contribution in [3.8, 4) is 0 Å². The van der Waals surface area contributed by atoms with E-state index in [-0.39, 0.29) is 0 Å². The molecule has 0 aromatic rings. The van der Waals surface area contributed by atoms with E-state index in [2.05, 4.69) is 81.9 Å². The van der Waals surface area contributed by atoms with Crippen molar-refractivity contribution in [2.24, 2.45) is 51.2 Å². The largest absolute Gasteiger partial charge is 0.0998 e. The van der Waals surface area contributed by atoms with Crippen LogP contribution in [0, 0.1) is 51.2 Å². The Morgan fingerprint density at radius 2 is 1.36 bits per heavy atom. The lowest BCUT2D eigenvalue weighted by Gasteiger charge is -2.71. The van der Waals surface area contributed by atoms with Gasteiger partial charge in [-0.3, -0.25) is 0 Å². The van der Waals surface area contributed by atoms with Crippen LogP contribution < -0.4 is 0 Å². The van der Waals surface area contributed by atoms with E-state index < -0.39 is 0 Å². The van der Waals surface area contributed by atoms with Gasteiger partial charge < -0.3 is 0 Å². The molecule has 0 heterocycles. The second-order valence-electron chi connectivity index (χ2n) is 15.3. The molecule has 0 N–H and O–H groups in total. The molecule has 0 saturated heterocycles. The zero-order valence-electron chi connectivity index (χ0n) is 29.1. The Labute approximate surface area is 247 Å². The summed E-state index contributed by atoms with van der Waals surface area (Å²) in [4.78, 5) is 0. The number of unbranched alkanes of at least 4 members (excludes halogenated alkanes) is 2. The molecule has 5 rings (SSSR count). The second-order valence-corrected chi connectivity index (χ2v) is 15.3. The summed E-state index contributed by atoms with van der Waals surface area (Å²) in [6.07, 6.45) is 22.3. The van der Waals surface area contributed by atoms with Crippen LogP contribution in [-0.2, 0) is 0 Å². The Kier molecular flexibility index (Phi) is 12.5. The molecule has 0 nitrogen and oxygen atoms in total. The van der Waals surface area contributed by atoms with Gasteiger partial charge in [-0.05, 0) is 129 Å². The van der Waals surface area contributed by atoms with Gasteiger partial charge in [0, 0.05) is 0 Å². The minimum absolute atomic E-state index is 0.529. The second kappa shape index (κ2) is 14.1. The van der Waals surface area contributed by atoms with Crippen LogP contribution in [-0.4, -0.2) is 0 Å². The maximum Gasteiger partial charge on any atom is -0.0149 e. The third kappa shape index (κ3) is 6.17. The molecule has 39 heavy (non-hydrogen) atoms. The van der Waals surface area contributed by atoms with Crippen LogP contribution in [0.15, 0.2) is 23.8 Å². The Morgan fingerprint density at radius 1 is 0.769 bits per heavy atom. The molecule has 0 radical (unpaired) electrons. The Bertz CT molecular complexity index is 795. The average molecular weight is 541 g/mol. The predicted molar refractivity (Wildman–Crippen MR) is 177 cm³/mol. The van der Waals surface area contributed by atoms with Crippen LogP contribution in [0.4, 0.5) is 0 Å². The van der Waals surface area contributed by atoms with Crippen LogP contribution in [0.25, 0.3) is 0 Å². The number of hydrogen-bond acceptors (Lipinski definition) is 0. The molecule has 0 aliphatic heterocycles. The molecule has 0 aromatic heterocycles. The zero-order valence-corrected chi connectivity index (χ0v) is 29.1. The zero-order chi connectivity index (χ0) is 29.6. The fourth-order valence-electron chi connectivity index (χ4n) is 10.7. The van der Waals surface area contributed by atoms with E-state index in [0.29, 0.717) is 21.7 Å². The Hall–Kier alpha value is -0.520. The third-order valence-corrected chi connectivity index (χ3v) is 13.4. The quantitative estimate of drug-likeness (QED) is 0.312. The van der Waals surface area contributed by atoms with Gasteiger partial charge >= 0.3 is 0 Å². The molecule has 0 aromatic carbocycles. The van der Waals surface area contributed by atoms with E-state index in [1.54, 1.807) is 5.57 Å². The van der Waals surface area contributed by atoms with Crippen LogP contribution in [0.5, 0.6) is 0 Å². The molecule has 5 aliphatic rings. The summed E-state index contributed by atoms with van der Waals surface area (Å²) in [5.74, 6) is 4.39. The number of hydrogen-bond donors (Lipinski definition) is 0. The minimum atomic E-state index is 0.529. The standard InChI is InChI=1S/C29H46.2C4H10.C2H6/c1-19(2)21-12-15-26(4)17-18-28(6)23(25(21)26)10-11-24-27(5)14-8-9-20(3)22(27)13-16-29(24,28)7;2*1-3-4-2;1-2/h9,21-25H,1,8,10-18H2,2-7H3;2*3-4H2,1-2H3;1-2H3/t21-,22?,23?,24?,25?,26?,27?,28+,29?;;;/m0.../s1. The molecule has 0 amide bonds. The summed E-state index contributed by atoms with van der Waals surface area (Å²) in [6.45, 7) is 32.9. The molecule has 0 spiro atoms. The van der Waals surface area contributed by atoms with Crippen molar-refractivity contribution in [1.82, 2.24) is 0 Å². The van der Waals surface area contributed by atoms with Crippen molar-refractivity contribution in [2.45, 2.75) is 173 Å². The van der Waals surface area contributed by atoms with Gasteiger partial charge in [-0.1, -0.05) is 119 Å². The Morgan fingerprint density at radius 3 is 1.90 bits per heavy atom. The van der Waals surface area contributed by atoms with Gasteiger partial charge in [0.15, 0.2) is 0 Å². The lowest BCUT2D eigenvalue weighted by Crippen LogP contribution is -2.64. The first-order chi connectivity index (χ1) is 18.4. The van der Waals surface area contributed by atoms with Gasteiger partial charge in [0.2, 0.25) is 0 Å². The van der Waals surface area contributed by atoms with Crippen LogP contribution >= 0.6 is 0 Å². The van der Waals surface area contributed by atoms with Crippen molar-refractivity contribution < 1.29 is 0 Å². The summed E-state index contributed by atoms with van der Waals surface area (Å²) in [5.41, 5.74) is 5.40. The van der Waals surface area contributed by atoms with Crippen molar-refractivity contribution in [3.63, 3.8) is 0 Å². The van der Waals surface area contributed by atoms with Crippen molar-refractivity contribution >= 4 is 0 Å². The minimum Gasteiger partial charge on any atom is -0.0998 e. The van der Waals surface area contributed by atoms with Gasteiger partial charge in [-0.15, -0.1) is 0 Å². The molecule has 0 bridgehead atoms. The van der Waals surface area contributed by atoms with E-state index in [4.69, 9.17) is 0 Å². The molecule has 7 unspecified atom stereocenters. The SMILES string of the molecule is C=C(C)[C@@H]1CCC2(C)CC[C@]3(C)C(CCC4C5(C)CCC=C(C)C5CCC43C)C12.CC.CCCC.CCCC. The highest BCUT2D eigenvalue weighted by Gasteiger charge is 2.68. The normalized spacial score (nSPS) is 43.7. The van der Waals surface area contributed by atoms with E-state index in [1.807, 2.05) is 13.8 Å². The van der Waals surface area contributed by atoms with E-state index >= 15 is 0 Å². The van der Waals surface area contributed by atoms with Gasteiger partial charge in [0.05, 0.1) is 0 Å². The summed E-state index contributed by atoms with van der Waals surface area (Å²) in [7, 11) is 0. The average Bonchev–Trinajstić information content (AvgIpc) is 3.28. The molecule has 4 saturated carbocycles. The van der Waals surface area contributed by atoms with Gasteiger partial charge in [0.1, 0.15) is 0 Å². The third-order valence-electron chi connectivity index (χ3n) is 13.4. The van der Waals surface area contributed by atoms with Gasteiger partial charge in [-0.25, -0.2) is 0 Å². The topological polar surface area (TPSA) is 0 Å². The van der Waals surface area contributed by atoms with E-state index in [1.165, 1.54) is 95.5 Å². The number of fused-ring (bicyclic) bond motifs is 7. The van der Waals surface area contributed by atoms with Gasteiger partial charge in [-0.2, -0.15) is 0 Å². The highest BCUT2D eigenvalue weighted by Crippen LogP contribution is 2.76. The smallest absolute Gasteiger partial charge is 0.0149 e. The maximum absolute atomic E-state index is 4.49. The molecule has 228 valence electrons. The fourth-order valence-corrected chi connectivity index (χ4v) is 10.7. The Balaban J connectivity index is 0.000000466. The van der Waals surface area contributed by atoms with Crippen molar-refractivity contribution in [2.75, 3.05) is 0 Å². The summed E-state index contributed by atoms with van der Waals surface area (Å²) < 4.78 is 0. The summed E-state index contributed by atoms with van der Waals surface area (Å²) in [6, 6.07) is 0. The first kappa shape index (κ1) is 34.7. The summed E-state index contributed by atoms with van der Waals surface area (Å²) >= 11 is 0. The van der Waals surface area contributed by atoms with Crippen LogP contribution in [0.3, 0.4) is 0 Å². The first-order valence-corrected chi connectivity index (χ1v) is 17.7. The molecule has 5 aliphatic carbocycles.